The molecule has 23 heavy (non-hydrogen) atoms. The van der Waals surface area contributed by atoms with Gasteiger partial charge in [0.1, 0.15) is 5.69 Å². The number of hydrogen-bond donors (Lipinski definition) is 0. The van der Waals surface area contributed by atoms with Crippen LogP contribution in [0.2, 0.25) is 0 Å². The average molecular weight is 302 g/mol. The van der Waals surface area contributed by atoms with Crippen molar-refractivity contribution in [3.8, 4) is 0 Å². The SMILES string of the molecule is Cc1ccc2c(c1)CCCN2C(=O)c1ccc2ccccc2n1. The highest BCUT2D eigenvalue weighted by molar-refractivity contribution is 6.06. The molecule has 3 heteroatoms. The van der Waals surface area contributed by atoms with Crippen molar-refractivity contribution in [2.75, 3.05) is 11.4 Å². The van der Waals surface area contributed by atoms with E-state index in [2.05, 4.69) is 30.1 Å². The minimum atomic E-state index is -0.0134. The molecule has 3 aromatic rings. The van der Waals surface area contributed by atoms with Crippen molar-refractivity contribution < 1.29 is 4.79 Å². The summed E-state index contributed by atoms with van der Waals surface area (Å²) in [6, 6.07) is 18.0. The molecule has 0 spiro atoms. The smallest absolute Gasteiger partial charge is 0.276 e. The Bertz CT molecular complexity index is 901. The van der Waals surface area contributed by atoms with Gasteiger partial charge in [0.05, 0.1) is 5.52 Å². The van der Waals surface area contributed by atoms with Crippen LogP contribution >= 0.6 is 0 Å². The van der Waals surface area contributed by atoms with Gasteiger partial charge in [0, 0.05) is 17.6 Å². The number of carbonyl (C=O) groups is 1. The molecule has 0 N–H and O–H groups in total. The monoisotopic (exact) mass is 302 g/mol. The van der Waals surface area contributed by atoms with Crippen molar-refractivity contribution in [1.82, 2.24) is 4.98 Å². The van der Waals surface area contributed by atoms with Crippen molar-refractivity contribution in [3.05, 3.63) is 71.4 Å². The Morgan fingerprint density at radius 2 is 1.96 bits per heavy atom. The summed E-state index contributed by atoms with van der Waals surface area (Å²) in [5.74, 6) is -0.0134. The van der Waals surface area contributed by atoms with Crippen LogP contribution in [-0.4, -0.2) is 17.4 Å². The van der Waals surface area contributed by atoms with Gasteiger partial charge >= 0.3 is 0 Å². The van der Waals surface area contributed by atoms with Gasteiger partial charge in [-0.05, 0) is 43.5 Å². The zero-order valence-electron chi connectivity index (χ0n) is 13.1. The molecule has 114 valence electrons. The Balaban J connectivity index is 1.74. The van der Waals surface area contributed by atoms with Crippen LogP contribution in [0.1, 0.15) is 28.0 Å². The van der Waals surface area contributed by atoms with E-state index in [0.717, 1.165) is 36.0 Å². The number of amides is 1. The lowest BCUT2D eigenvalue weighted by molar-refractivity contribution is 0.0980. The summed E-state index contributed by atoms with van der Waals surface area (Å²) in [5, 5.41) is 1.05. The first-order chi connectivity index (χ1) is 11.2. The number of fused-ring (bicyclic) bond motifs is 2. The topological polar surface area (TPSA) is 33.2 Å². The van der Waals surface area contributed by atoms with Gasteiger partial charge in [-0.25, -0.2) is 4.98 Å². The fraction of sp³-hybridized carbons (Fsp3) is 0.200. The number of benzene rings is 2. The number of nitrogens with zero attached hydrogens (tertiary/aromatic N) is 2. The van der Waals surface area contributed by atoms with E-state index in [-0.39, 0.29) is 5.91 Å². The maximum atomic E-state index is 13.0. The predicted molar refractivity (Wildman–Crippen MR) is 92.9 cm³/mol. The van der Waals surface area contributed by atoms with Gasteiger partial charge in [-0.15, -0.1) is 0 Å². The Morgan fingerprint density at radius 3 is 2.87 bits per heavy atom. The molecule has 1 aliphatic rings. The Morgan fingerprint density at radius 1 is 1.09 bits per heavy atom. The van der Waals surface area contributed by atoms with E-state index in [1.165, 1.54) is 11.1 Å². The normalized spacial score (nSPS) is 13.9. The van der Waals surface area contributed by atoms with Crippen molar-refractivity contribution in [3.63, 3.8) is 0 Å². The molecule has 3 nitrogen and oxygen atoms in total. The lowest BCUT2D eigenvalue weighted by atomic mass is 9.99. The number of anilines is 1. The zero-order chi connectivity index (χ0) is 15.8. The van der Waals surface area contributed by atoms with Gasteiger partial charge in [0.2, 0.25) is 0 Å². The van der Waals surface area contributed by atoms with Crippen LogP contribution in [0.25, 0.3) is 10.9 Å². The van der Waals surface area contributed by atoms with Crippen molar-refractivity contribution >= 4 is 22.5 Å². The van der Waals surface area contributed by atoms with Crippen LogP contribution in [0, 0.1) is 6.92 Å². The van der Waals surface area contributed by atoms with E-state index in [9.17, 15) is 4.79 Å². The van der Waals surface area contributed by atoms with Crippen LogP contribution in [0.3, 0.4) is 0 Å². The summed E-state index contributed by atoms with van der Waals surface area (Å²) in [6.07, 6.45) is 2.03. The molecule has 0 radical (unpaired) electrons. The summed E-state index contributed by atoms with van der Waals surface area (Å²) in [5.41, 5.74) is 4.89. The minimum Gasteiger partial charge on any atom is -0.307 e. The van der Waals surface area contributed by atoms with Crippen molar-refractivity contribution in [2.24, 2.45) is 0 Å². The predicted octanol–water partition coefficient (Wildman–Crippen LogP) is 4.14. The first-order valence-corrected chi connectivity index (χ1v) is 7.99. The first-order valence-electron chi connectivity index (χ1n) is 7.99. The summed E-state index contributed by atoms with van der Waals surface area (Å²) < 4.78 is 0. The lowest BCUT2D eigenvalue weighted by Crippen LogP contribution is -2.36. The third-order valence-electron chi connectivity index (χ3n) is 4.42. The zero-order valence-corrected chi connectivity index (χ0v) is 13.1. The summed E-state index contributed by atoms with van der Waals surface area (Å²) in [4.78, 5) is 19.4. The van der Waals surface area contributed by atoms with E-state index in [0.29, 0.717) is 5.69 Å². The lowest BCUT2D eigenvalue weighted by Gasteiger charge is -2.29. The first kappa shape index (κ1) is 13.9. The average Bonchev–Trinajstić information content (AvgIpc) is 2.60. The molecule has 0 saturated carbocycles. The van der Waals surface area contributed by atoms with Crippen molar-refractivity contribution in [2.45, 2.75) is 19.8 Å². The van der Waals surface area contributed by atoms with Gasteiger partial charge < -0.3 is 4.90 Å². The number of carbonyl (C=O) groups excluding carboxylic acids is 1. The van der Waals surface area contributed by atoms with E-state index in [4.69, 9.17) is 0 Å². The number of rotatable bonds is 1. The number of pyridine rings is 1. The van der Waals surface area contributed by atoms with E-state index in [1.54, 1.807) is 0 Å². The highest BCUT2D eigenvalue weighted by Gasteiger charge is 2.24. The molecule has 4 rings (SSSR count). The molecule has 2 heterocycles. The minimum absolute atomic E-state index is 0.0134. The van der Waals surface area contributed by atoms with Crippen LogP contribution in [0.4, 0.5) is 5.69 Å². The molecule has 1 aliphatic heterocycles. The van der Waals surface area contributed by atoms with Crippen LogP contribution < -0.4 is 4.90 Å². The Labute approximate surface area is 135 Å². The molecule has 0 unspecified atom stereocenters. The Hall–Kier alpha value is -2.68. The fourth-order valence-corrected chi connectivity index (χ4v) is 3.26. The van der Waals surface area contributed by atoms with Gasteiger partial charge in [0.15, 0.2) is 0 Å². The largest absolute Gasteiger partial charge is 0.307 e. The van der Waals surface area contributed by atoms with Crippen LogP contribution in [-0.2, 0) is 6.42 Å². The van der Waals surface area contributed by atoms with Gasteiger partial charge in [-0.2, -0.15) is 0 Å². The summed E-state index contributed by atoms with van der Waals surface area (Å²) >= 11 is 0. The molecule has 0 atom stereocenters. The van der Waals surface area contributed by atoms with Gasteiger partial charge in [0.25, 0.3) is 5.91 Å². The van der Waals surface area contributed by atoms with Gasteiger partial charge in [-0.3, -0.25) is 4.79 Å². The van der Waals surface area contributed by atoms with E-state index in [1.807, 2.05) is 41.3 Å². The highest BCUT2D eigenvalue weighted by atomic mass is 16.2. The second kappa shape index (κ2) is 5.51. The van der Waals surface area contributed by atoms with Crippen molar-refractivity contribution in [1.29, 1.82) is 0 Å². The van der Waals surface area contributed by atoms with E-state index >= 15 is 0 Å². The molecule has 1 aromatic heterocycles. The third-order valence-corrected chi connectivity index (χ3v) is 4.42. The number of para-hydroxylation sites is 1. The third kappa shape index (κ3) is 2.48. The molecular weight excluding hydrogens is 284 g/mol. The maximum Gasteiger partial charge on any atom is 0.276 e. The number of aryl methyl sites for hydroxylation is 2. The van der Waals surface area contributed by atoms with Crippen LogP contribution in [0.5, 0.6) is 0 Å². The summed E-state index contributed by atoms with van der Waals surface area (Å²) in [6.45, 7) is 2.84. The quantitative estimate of drug-likeness (QED) is 0.677. The number of hydrogen-bond acceptors (Lipinski definition) is 2. The molecule has 0 saturated heterocycles. The molecule has 0 fully saturated rings. The molecular formula is C20H18N2O. The van der Waals surface area contributed by atoms with E-state index < -0.39 is 0 Å². The molecule has 2 aromatic carbocycles. The summed E-state index contributed by atoms with van der Waals surface area (Å²) in [7, 11) is 0. The molecule has 0 aliphatic carbocycles. The van der Waals surface area contributed by atoms with Gasteiger partial charge in [-0.1, -0.05) is 42.0 Å². The molecule has 1 amide bonds. The van der Waals surface area contributed by atoms with Crippen LogP contribution in [0.15, 0.2) is 54.6 Å². The second-order valence-electron chi connectivity index (χ2n) is 6.08. The fourth-order valence-electron chi connectivity index (χ4n) is 3.26. The Kier molecular flexibility index (Phi) is 3.34. The standard InChI is InChI=1S/C20H18N2O/c1-14-8-11-19-16(13-14)6-4-12-22(19)20(23)18-10-9-15-5-2-3-7-17(15)21-18/h2-3,5,7-11,13H,4,6,12H2,1H3. The number of aromatic nitrogens is 1. The maximum absolute atomic E-state index is 13.0. The second-order valence-corrected chi connectivity index (χ2v) is 6.08. The molecule has 0 bridgehead atoms. The highest BCUT2D eigenvalue weighted by Crippen LogP contribution is 2.29.